The number of methoxy groups -OCH3 is 2. The molecule has 20 heavy (non-hydrogen) atoms. The van der Waals surface area contributed by atoms with E-state index in [2.05, 4.69) is 10.3 Å². The largest absolute Gasteiger partial charge is 0.491 e. The molecule has 0 fully saturated rings. The highest BCUT2D eigenvalue weighted by Crippen LogP contribution is 2.24. The van der Waals surface area contributed by atoms with E-state index in [1.807, 2.05) is 26.8 Å². The number of pyridine rings is 1. The van der Waals surface area contributed by atoms with Crippen molar-refractivity contribution in [3.05, 3.63) is 17.8 Å². The van der Waals surface area contributed by atoms with Crippen LogP contribution in [0.4, 0.5) is 4.79 Å². The number of carbonyl (C=O) groups excluding carboxylic acids is 1. The van der Waals surface area contributed by atoms with Gasteiger partial charge in [0.15, 0.2) is 5.75 Å². The van der Waals surface area contributed by atoms with Crippen LogP contribution in [-0.2, 0) is 11.2 Å². The second kappa shape index (κ2) is 6.98. The summed E-state index contributed by atoms with van der Waals surface area (Å²) in [5.74, 6) is 1.01. The van der Waals surface area contributed by atoms with Crippen molar-refractivity contribution in [1.29, 1.82) is 0 Å². The maximum absolute atomic E-state index is 11.5. The minimum atomic E-state index is -0.491. The van der Waals surface area contributed by atoms with Crippen LogP contribution >= 0.6 is 0 Å². The quantitative estimate of drug-likeness (QED) is 0.896. The summed E-state index contributed by atoms with van der Waals surface area (Å²) in [6.45, 7) is 5.94. The Morgan fingerprint density at radius 3 is 2.55 bits per heavy atom. The van der Waals surface area contributed by atoms with E-state index in [4.69, 9.17) is 14.2 Å². The zero-order valence-electron chi connectivity index (χ0n) is 12.6. The van der Waals surface area contributed by atoms with Gasteiger partial charge in [-0.05, 0) is 38.8 Å². The molecule has 0 aliphatic carbocycles. The first-order chi connectivity index (χ1) is 9.35. The van der Waals surface area contributed by atoms with Gasteiger partial charge in [-0.1, -0.05) is 0 Å². The average Bonchev–Trinajstić information content (AvgIpc) is 2.36. The van der Waals surface area contributed by atoms with E-state index < -0.39 is 11.7 Å². The van der Waals surface area contributed by atoms with Crippen molar-refractivity contribution in [3.8, 4) is 11.6 Å². The Bertz CT molecular complexity index is 455. The smallest absolute Gasteiger partial charge is 0.407 e. The molecule has 0 bridgehead atoms. The fourth-order valence-electron chi connectivity index (χ4n) is 1.53. The van der Waals surface area contributed by atoms with Crippen LogP contribution < -0.4 is 14.8 Å². The van der Waals surface area contributed by atoms with E-state index in [0.29, 0.717) is 24.6 Å². The maximum atomic E-state index is 11.5. The fraction of sp³-hybridized carbons (Fsp3) is 0.571. The van der Waals surface area contributed by atoms with Gasteiger partial charge in [-0.25, -0.2) is 9.78 Å². The number of nitrogens with one attached hydrogen (secondary N) is 1. The first kappa shape index (κ1) is 16.1. The zero-order valence-corrected chi connectivity index (χ0v) is 12.6. The number of amides is 1. The Morgan fingerprint density at radius 2 is 2.00 bits per heavy atom. The summed E-state index contributed by atoms with van der Waals surface area (Å²) in [5, 5.41) is 2.69. The first-order valence-electron chi connectivity index (χ1n) is 6.39. The van der Waals surface area contributed by atoms with Crippen LogP contribution in [0.25, 0.3) is 0 Å². The Kier molecular flexibility index (Phi) is 5.61. The fourth-order valence-corrected chi connectivity index (χ4v) is 1.53. The highest BCUT2D eigenvalue weighted by molar-refractivity contribution is 5.67. The van der Waals surface area contributed by atoms with Gasteiger partial charge >= 0.3 is 6.09 Å². The lowest BCUT2D eigenvalue weighted by atomic mass is 10.2. The molecule has 0 aromatic carbocycles. The molecule has 6 nitrogen and oxygen atoms in total. The molecule has 0 atom stereocenters. The molecule has 0 unspecified atom stereocenters. The lowest BCUT2D eigenvalue weighted by Crippen LogP contribution is -2.33. The molecule has 112 valence electrons. The molecular weight excluding hydrogens is 260 g/mol. The van der Waals surface area contributed by atoms with Crippen LogP contribution in [0.2, 0.25) is 0 Å². The number of rotatable bonds is 5. The number of carbonyl (C=O) groups is 1. The molecule has 1 aromatic rings. The van der Waals surface area contributed by atoms with Gasteiger partial charge in [-0.3, -0.25) is 0 Å². The van der Waals surface area contributed by atoms with Crippen molar-refractivity contribution < 1.29 is 19.0 Å². The van der Waals surface area contributed by atoms with Crippen LogP contribution in [0.15, 0.2) is 12.3 Å². The van der Waals surface area contributed by atoms with Crippen LogP contribution in [0, 0.1) is 0 Å². The number of aromatic nitrogens is 1. The van der Waals surface area contributed by atoms with E-state index in [1.165, 1.54) is 7.11 Å². The Hall–Kier alpha value is -1.98. The predicted molar refractivity (Wildman–Crippen MR) is 75.3 cm³/mol. The van der Waals surface area contributed by atoms with Gasteiger partial charge in [0.05, 0.1) is 14.2 Å². The summed E-state index contributed by atoms with van der Waals surface area (Å²) in [5.41, 5.74) is 0.452. The molecule has 1 aromatic heterocycles. The van der Waals surface area contributed by atoms with Crippen LogP contribution in [-0.4, -0.2) is 37.4 Å². The number of hydrogen-bond acceptors (Lipinski definition) is 5. The third kappa shape index (κ3) is 5.34. The third-order valence-electron chi connectivity index (χ3n) is 2.37. The van der Waals surface area contributed by atoms with Crippen LogP contribution in [0.3, 0.4) is 0 Å². The molecule has 0 saturated heterocycles. The second-order valence-corrected chi connectivity index (χ2v) is 5.23. The topological polar surface area (TPSA) is 69.7 Å². The van der Waals surface area contributed by atoms with Gasteiger partial charge < -0.3 is 19.5 Å². The number of alkyl carbamates (subject to hydrolysis) is 1. The molecule has 1 amide bonds. The third-order valence-corrected chi connectivity index (χ3v) is 2.37. The van der Waals surface area contributed by atoms with Gasteiger partial charge in [-0.2, -0.15) is 0 Å². The van der Waals surface area contributed by atoms with Crippen LogP contribution in [0.1, 0.15) is 26.3 Å². The van der Waals surface area contributed by atoms with E-state index in [1.54, 1.807) is 13.3 Å². The maximum Gasteiger partial charge on any atom is 0.407 e. The molecule has 1 N–H and O–H groups in total. The molecule has 1 rings (SSSR count). The molecular formula is C14H22N2O4. The molecule has 1 heterocycles. The monoisotopic (exact) mass is 282 g/mol. The molecule has 0 spiro atoms. The van der Waals surface area contributed by atoms with E-state index in [-0.39, 0.29) is 0 Å². The minimum Gasteiger partial charge on any atom is -0.491 e. The Morgan fingerprint density at radius 1 is 1.30 bits per heavy atom. The van der Waals surface area contributed by atoms with Crippen molar-refractivity contribution in [2.45, 2.75) is 32.8 Å². The standard InChI is InChI=1S/C14H22N2O4/c1-14(2,3)20-13(17)15-7-6-10-8-11(18-4)12(19-5)16-9-10/h8-9H,6-7H2,1-5H3,(H,15,17). The molecule has 0 aliphatic rings. The van der Waals surface area contributed by atoms with Crippen LogP contribution in [0.5, 0.6) is 11.6 Å². The van der Waals surface area contributed by atoms with Gasteiger partial charge in [-0.15, -0.1) is 0 Å². The second-order valence-electron chi connectivity index (χ2n) is 5.23. The molecule has 0 saturated carbocycles. The highest BCUT2D eigenvalue weighted by atomic mass is 16.6. The van der Waals surface area contributed by atoms with Crippen molar-refractivity contribution in [1.82, 2.24) is 10.3 Å². The van der Waals surface area contributed by atoms with Crippen molar-refractivity contribution in [2.24, 2.45) is 0 Å². The summed E-state index contributed by atoms with van der Waals surface area (Å²) in [4.78, 5) is 15.6. The molecule has 0 aliphatic heterocycles. The van der Waals surface area contributed by atoms with Gasteiger partial charge in [0.1, 0.15) is 5.60 Å². The lowest BCUT2D eigenvalue weighted by molar-refractivity contribution is 0.0528. The summed E-state index contributed by atoms with van der Waals surface area (Å²) >= 11 is 0. The summed E-state index contributed by atoms with van der Waals surface area (Å²) in [6.07, 6.45) is 1.90. The Labute approximate surface area is 119 Å². The van der Waals surface area contributed by atoms with Crippen molar-refractivity contribution in [2.75, 3.05) is 20.8 Å². The number of hydrogen-bond donors (Lipinski definition) is 1. The lowest BCUT2D eigenvalue weighted by Gasteiger charge is -2.19. The zero-order chi connectivity index (χ0) is 15.2. The van der Waals surface area contributed by atoms with Gasteiger partial charge in [0.2, 0.25) is 0 Å². The average molecular weight is 282 g/mol. The van der Waals surface area contributed by atoms with Gasteiger partial charge in [0, 0.05) is 12.7 Å². The van der Waals surface area contributed by atoms with Crippen molar-refractivity contribution in [3.63, 3.8) is 0 Å². The summed E-state index contributed by atoms with van der Waals surface area (Å²) < 4.78 is 15.4. The molecule has 6 heteroatoms. The van der Waals surface area contributed by atoms with E-state index in [9.17, 15) is 4.79 Å². The Balaban J connectivity index is 2.48. The molecule has 0 radical (unpaired) electrons. The first-order valence-corrected chi connectivity index (χ1v) is 6.39. The SMILES string of the molecule is COc1cc(CCNC(=O)OC(C)(C)C)cnc1OC. The minimum absolute atomic E-state index is 0.425. The summed E-state index contributed by atoms with van der Waals surface area (Å²) in [7, 11) is 3.09. The normalized spacial score (nSPS) is 10.8. The highest BCUT2D eigenvalue weighted by Gasteiger charge is 2.15. The van der Waals surface area contributed by atoms with E-state index in [0.717, 1.165) is 5.56 Å². The number of ether oxygens (including phenoxy) is 3. The van der Waals surface area contributed by atoms with E-state index >= 15 is 0 Å². The summed E-state index contributed by atoms with van der Waals surface area (Å²) in [6, 6.07) is 1.84. The number of nitrogens with zero attached hydrogens (tertiary/aromatic N) is 1. The van der Waals surface area contributed by atoms with Gasteiger partial charge in [0.25, 0.3) is 5.88 Å². The van der Waals surface area contributed by atoms with Crippen molar-refractivity contribution >= 4 is 6.09 Å². The predicted octanol–water partition coefficient (Wildman–Crippen LogP) is 2.17.